The number of carbonyl (C=O) groups is 4. The molecule has 187 valence electrons. The summed E-state index contributed by atoms with van der Waals surface area (Å²) in [5.41, 5.74) is 10.6. The van der Waals surface area contributed by atoms with Gasteiger partial charge in [0.25, 0.3) is 0 Å². The topological polar surface area (TPSA) is 203 Å². The Kier molecular flexibility index (Phi) is 24.5. The van der Waals surface area contributed by atoms with Crippen LogP contribution in [0.3, 0.4) is 0 Å². The van der Waals surface area contributed by atoms with Gasteiger partial charge in [0.1, 0.15) is 12.1 Å². The quantitative estimate of drug-likeness (QED) is 0.145. The van der Waals surface area contributed by atoms with Gasteiger partial charge in [0.05, 0.1) is 13.2 Å². The zero-order valence-electron chi connectivity index (χ0n) is 18.0. The zero-order valence-corrected chi connectivity index (χ0v) is 19.0. The first kappa shape index (κ1) is 33.6. The van der Waals surface area contributed by atoms with Crippen molar-refractivity contribution in [3.8, 4) is 0 Å². The second-order valence-corrected chi connectivity index (χ2v) is 6.18. The van der Waals surface area contributed by atoms with Crippen LogP contribution in [0.4, 0.5) is 9.59 Å². The maximum Gasteiger partial charge on any atom is 0.407 e. The molecule has 0 fully saturated rings. The Balaban J connectivity index is -0.000000490. The molecule has 31 heavy (non-hydrogen) atoms. The summed E-state index contributed by atoms with van der Waals surface area (Å²) < 4.78 is 9.28. The van der Waals surface area contributed by atoms with Crippen LogP contribution in [0.1, 0.15) is 52.4 Å². The molecule has 12 nitrogen and oxygen atoms in total. The molecule has 0 saturated heterocycles. The fourth-order valence-corrected chi connectivity index (χ4v) is 1.97. The second-order valence-electron chi connectivity index (χ2n) is 6.18. The molecule has 2 amide bonds. The van der Waals surface area contributed by atoms with E-state index in [2.05, 4.69) is 20.1 Å². The first-order chi connectivity index (χ1) is 14.1. The van der Waals surface area contributed by atoms with Crippen LogP contribution in [-0.2, 0) is 36.1 Å². The molecule has 0 spiro atoms. The molecule has 2 unspecified atom stereocenters. The maximum atomic E-state index is 10.8. The minimum absolute atomic E-state index is 0. The Morgan fingerprint density at radius 2 is 1.06 bits per heavy atom. The van der Waals surface area contributed by atoms with E-state index in [9.17, 15) is 19.2 Å². The van der Waals surface area contributed by atoms with Crippen molar-refractivity contribution in [2.75, 3.05) is 26.3 Å². The van der Waals surface area contributed by atoms with Gasteiger partial charge in [0, 0.05) is 30.2 Å². The number of nitrogens with two attached hydrogens (primary N) is 2. The van der Waals surface area contributed by atoms with Crippen LogP contribution in [0.25, 0.3) is 0 Å². The maximum absolute atomic E-state index is 10.8. The molecular formula is C18H36CuN4O8. The molecule has 13 heteroatoms. The summed E-state index contributed by atoms with van der Waals surface area (Å²) in [7, 11) is 0. The molecule has 8 N–H and O–H groups in total. The minimum Gasteiger partial charge on any atom is -0.480 e. The largest absolute Gasteiger partial charge is 0.480 e. The number of amides is 2. The van der Waals surface area contributed by atoms with Crippen molar-refractivity contribution in [1.29, 1.82) is 0 Å². The predicted molar refractivity (Wildman–Crippen MR) is 109 cm³/mol. The van der Waals surface area contributed by atoms with Crippen molar-refractivity contribution in [3.63, 3.8) is 0 Å². The van der Waals surface area contributed by atoms with E-state index < -0.39 is 36.2 Å². The van der Waals surface area contributed by atoms with Gasteiger partial charge in [-0.15, -0.1) is 0 Å². The third-order valence-corrected chi connectivity index (χ3v) is 3.61. The van der Waals surface area contributed by atoms with E-state index in [1.807, 2.05) is 0 Å². The number of aliphatic carboxylic acids is 2. The Morgan fingerprint density at radius 1 is 0.742 bits per heavy atom. The van der Waals surface area contributed by atoms with Crippen molar-refractivity contribution in [2.24, 2.45) is 11.5 Å². The fraction of sp³-hybridized carbons (Fsp3) is 0.778. The third-order valence-electron chi connectivity index (χ3n) is 3.61. The molecule has 0 rings (SSSR count). The minimum atomic E-state index is -0.992. The van der Waals surface area contributed by atoms with Gasteiger partial charge in [-0.1, -0.05) is 0 Å². The molecule has 0 aliphatic rings. The first-order valence-corrected chi connectivity index (χ1v) is 9.93. The zero-order chi connectivity index (χ0) is 23.4. The van der Waals surface area contributed by atoms with Gasteiger partial charge < -0.3 is 41.8 Å². The van der Waals surface area contributed by atoms with E-state index in [0.29, 0.717) is 64.8 Å². The first-order valence-electron chi connectivity index (χ1n) is 9.93. The van der Waals surface area contributed by atoms with Crippen LogP contribution < -0.4 is 22.1 Å². The number of ether oxygens (including phenoxy) is 2. The van der Waals surface area contributed by atoms with Crippen LogP contribution in [0.2, 0.25) is 0 Å². The molecular weight excluding hydrogens is 464 g/mol. The van der Waals surface area contributed by atoms with Gasteiger partial charge in [0.15, 0.2) is 0 Å². The number of unbranched alkanes of at least 4 members (excludes halogenated alkanes) is 2. The van der Waals surface area contributed by atoms with Crippen LogP contribution in [0.5, 0.6) is 0 Å². The number of hydrogen-bond donors (Lipinski definition) is 6. The van der Waals surface area contributed by atoms with Crippen molar-refractivity contribution in [1.82, 2.24) is 10.6 Å². The fourth-order valence-electron chi connectivity index (χ4n) is 1.97. The molecule has 0 aliphatic carbocycles. The molecule has 1 radical (unpaired) electrons. The number of hydrogen-bond acceptors (Lipinski definition) is 8. The normalized spacial score (nSPS) is 11.5. The summed E-state index contributed by atoms with van der Waals surface area (Å²) in [5.74, 6) is -1.98. The summed E-state index contributed by atoms with van der Waals surface area (Å²) in [4.78, 5) is 42.3. The number of carbonyl (C=O) groups excluding carboxylic acids is 2. The van der Waals surface area contributed by atoms with E-state index in [1.165, 1.54) is 0 Å². The van der Waals surface area contributed by atoms with Crippen LogP contribution >= 0.6 is 0 Å². The summed E-state index contributed by atoms with van der Waals surface area (Å²) >= 11 is 0. The second kappa shape index (κ2) is 22.6. The number of rotatable bonds is 14. The van der Waals surface area contributed by atoms with E-state index >= 15 is 0 Å². The summed E-state index contributed by atoms with van der Waals surface area (Å²) in [6.45, 7) is 5.10. The number of nitrogens with one attached hydrogen (secondary N) is 2. The van der Waals surface area contributed by atoms with E-state index in [1.54, 1.807) is 13.8 Å². The van der Waals surface area contributed by atoms with Gasteiger partial charge in [-0.05, 0) is 52.4 Å². The molecule has 2 atom stereocenters. The molecule has 0 aromatic carbocycles. The van der Waals surface area contributed by atoms with Crippen molar-refractivity contribution in [2.45, 2.75) is 64.5 Å². The van der Waals surface area contributed by atoms with Gasteiger partial charge in [-0.25, -0.2) is 9.59 Å². The number of carboxylic acid groups (broad SMARTS) is 2. The smallest absolute Gasteiger partial charge is 0.407 e. The summed E-state index contributed by atoms with van der Waals surface area (Å²) in [6.07, 6.45) is 2.67. The number of alkyl carbamates (subject to hydrolysis) is 2. The predicted octanol–water partition coefficient (Wildman–Crippen LogP) is 0.627. The van der Waals surface area contributed by atoms with Crippen molar-refractivity contribution >= 4 is 24.1 Å². The Hall–Kier alpha value is -2.08. The Bertz CT molecular complexity index is 467. The molecule has 0 saturated carbocycles. The Labute approximate surface area is 193 Å². The SMILES string of the molecule is CCOC(=O)NCCCCC(N)C(=O)O.CCOC(=O)NCCCCC(N)C(=O)O.[Cu]. The van der Waals surface area contributed by atoms with E-state index in [0.717, 1.165) is 0 Å². The van der Waals surface area contributed by atoms with E-state index in [4.69, 9.17) is 21.7 Å². The average molecular weight is 500 g/mol. The van der Waals surface area contributed by atoms with E-state index in [-0.39, 0.29) is 17.1 Å². The van der Waals surface area contributed by atoms with Crippen molar-refractivity contribution < 1.29 is 55.9 Å². The molecule has 0 aromatic heterocycles. The molecule has 0 aliphatic heterocycles. The van der Waals surface area contributed by atoms with Crippen LogP contribution in [-0.4, -0.2) is 72.7 Å². The van der Waals surface area contributed by atoms with Gasteiger partial charge >= 0.3 is 24.1 Å². The van der Waals surface area contributed by atoms with Gasteiger partial charge in [-0.3, -0.25) is 9.59 Å². The Morgan fingerprint density at radius 3 is 1.32 bits per heavy atom. The average Bonchev–Trinajstić information content (AvgIpc) is 2.67. The molecule has 0 heterocycles. The summed E-state index contributed by atoms with van der Waals surface area (Å²) in [5, 5.41) is 22.0. The van der Waals surface area contributed by atoms with Crippen molar-refractivity contribution in [3.05, 3.63) is 0 Å². The third kappa shape index (κ3) is 24.1. The van der Waals surface area contributed by atoms with Crippen LogP contribution in [0, 0.1) is 0 Å². The van der Waals surface area contributed by atoms with Gasteiger partial charge in [0.2, 0.25) is 0 Å². The molecule has 0 bridgehead atoms. The number of carboxylic acids is 2. The standard InChI is InChI=1S/2C9H18N2O4.Cu/c2*1-2-15-9(14)11-6-4-3-5-7(10)8(12)13;/h2*7H,2-6,10H2,1H3,(H,11,14)(H,12,13);. The monoisotopic (exact) mass is 499 g/mol. The van der Waals surface area contributed by atoms with Gasteiger partial charge in [-0.2, -0.15) is 0 Å². The van der Waals surface area contributed by atoms with Crippen LogP contribution in [0.15, 0.2) is 0 Å². The summed E-state index contributed by atoms with van der Waals surface area (Å²) in [6, 6.07) is -1.62. The molecule has 0 aromatic rings.